The SMILES string of the molecule is C=CCN(CCC)C(=O)[C@@H]1[C@H]2C(=O)N([C@H](C)CO)C(C(=O)N(CC=C)c3ccc(OC)cc3)C23CC[C@@]1(C)O3. The Morgan fingerprint density at radius 1 is 1.21 bits per heavy atom. The molecule has 1 aromatic carbocycles. The van der Waals surface area contributed by atoms with Gasteiger partial charge in [-0.15, -0.1) is 13.2 Å². The minimum absolute atomic E-state index is 0.151. The monoisotopic (exact) mass is 539 g/mol. The molecule has 39 heavy (non-hydrogen) atoms. The molecule has 0 saturated carbocycles. The van der Waals surface area contributed by atoms with Gasteiger partial charge in [-0.05, 0) is 57.4 Å². The van der Waals surface area contributed by atoms with E-state index in [-0.39, 0.29) is 30.9 Å². The van der Waals surface area contributed by atoms with Crippen molar-refractivity contribution in [2.24, 2.45) is 11.8 Å². The highest BCUT2D eigenvalue weighted by atomic mass is 16.5. The van der Waals surface area contributed by atoms with E-state index in [0.717, 1.165) is 6.42 Å². The second kappa shape index (κ2) is 11.1. The van der Waals surface area contributed by atoms with Crippen molar-refractivity contribution >= 4 is 23.4 Å². The Labute approximate surface area is 231 Å². The minimum atomic E-state index is -1.18. The van der Waals surface area contributed by atoms with Crippen LogP contribution in [0.4, 0.5) is 5.69 Å². The van der Waals surface area contributed by atoms with Gasteiger partial charge in [-0.2, -0.15) is 0 Å². The Kier molecular flexibility index (Phi) is 8.23. The Morgan fingerprint density at radius 3 is 2.44 bits per heavy atom. The molecule has 6 atom stereocenters. The van der Waals surface area contributed by atoms with Crippen molar-refractivity contribution in [1.82, 2.24) is 9.80 Å². The zero-order valence-corrected chi connectivity index (χ0v) is 23.5. The van der Waals surface area contributed by atoms with Gasteiger partial charge in [0.15, 0.2) is 0 Å². The fourth-order valence-corrected chi connectivity index (χ4v) is 6.86. The summed E-state index contributed by atoms with van der Waals surface area (Å²) in [5.74, 6) is -1.70. The average molecular weight is 540 g/mol. The van der Waals surface area contributed by atoms with Crippen molar-refractivity contribution in [3.63, 3.8) is 0 Å². The lowest BCUT2D eigenvalue weighted by Gasteiger charge is -2.38. The number of methoxy groups -OCH3 is 1. The topological polar surface area (TPSA) is 99.6 Å². The molecule has 4 rings (SSSR count). The molecule has 1 spiro atoms. The second-order valence-electron chi connectivity index (χ2n) is 11.0. The zero-order valence-electron chi connectivity index (χ0n) is 23.5. The number of benzene rings is 1. The van der Waals surface area contributed by atoms with Crippen molar-refractivity contribution in [3.05, 3.63) is 49.6 Å². The fraction of sp³-hybridized carbons (Fsp3) is 0.567. The summed E-state index contributed by atoms with van der Waals surface area (Å²) in [6.07, 6.45) is 5.10. The van der Waals surface area contributed by atoms with Crippen LogP contribution in [-0.2, 0) is 19.1 Å². The number of rotatable bonds is 12. The number of hydrogen-bond acceptors (Lipinski definition) is 6. The van der Waals surface area contributed by atoms with Crippen LogP contribution in [0, 0.1) is 11.8 Å². The molecule has 3 fully saturated rings. The van der Waals surface area contributed by atoms with E-state index in [1.54, 1.807) is 60.3 Å². The molecule has 0 radical (unpaired) electrons. The fourth-order valence-electron chi connectivity index (χ4n) is 6.86. The standard InChI is InChI=1S/C30H41N3O6/c1-7-16-31(17-8-2)26(35)23-24-27(36)33(20(4)19-34)25(30(24)15-14-29(23,5)39-30)28(37)32(18-9-3)21-10-12-22(38-6)13-11-21/h7,9-13,20,23-25,34H,1,3,8,14-19H2,2,4-6H3/t20-,23+,24+,25?,29-,30?/m1/s1. The van der Waals surface area contributed by atoms with Gasteiger partial charge in [0.05, 0.1) is 37.2 Å². The third kappa shape index (κ3) is 4.55. The zero-order chi connectivity index (χ0) is 28.5. The van der Waals surface area contributed by atoms with Crippen molar-refractivity contribution < 1.29 is 29.0 Å². The van der Waals surface area contributed by atoms with Crippen LogP contribution in [0.2, 0.25) is 0 Å². The first kappa shape index (κ1) is 28.8. The predicted octanol–water partition coefficient (Wildman–Crippen LogP) is 2.78. The highest BCUT2D eigenvalue weighted by molar-refractivity contribution is 6.05. The lowest BCUT2D eigenvalue weighted by atomic mass is 9.66. The molecule has 0 aromatic heterocycles. The first-order valence-corrected chi connectivity index (χ1v) is 13.7. The average Bonchev–Trinajstić information content (AvgIpc) is 3.51. The molecule has 3 saturated heterocycles. The summed E-state index contributed by atoms with van der Waals surface area (Å²) in [6.45, 7) is 14.0. The first-order valence-electron chi connectivity index (χ1n) is 13.7. The van der Waals surface area contributed by atoms with E-state index in [9.17, 15) is 19.5 Å². The molecule has 9 heteroatoms. The van der Waals surface area contributed by atoms with E-state index in [1.165, 1.54) is 4.90 Å². The molecule has 3 heterocycles. The van der Waals surface area contributed by atoms with Gasteiger partial charge in [0.1, 0.15) is 17.4 Å². The summed E-state index contributed by atoms with van der Waals surface area (Å²) in [5.41, 5.74) is -1.43. The maximum atomic E-state index is 14.5. The van der Waals surface area contributed by atoms with E-state index < -0.39 is 35.1 Å². The van der Waals surface area contributed by atoms with E-state index >= 15 is 0 Å². The van der Waals surface area contributed by atoms with Gasteiger partial charge in [0, 0.05) is 25.3 Å². The van der Waals surface area contributed by atoms with Gasteiger partial charge in [-0.1, -0.05) is 19.1 Å². The van der Waals surface area contributed by atoms with E-state index in [1.807, 2.05) is 13.8 Å². The molecule has 9 nitrogen and oxygen atoms in total. The van der Waals surface area contributed by atoms with Crippen LogP contribution in [0.25, 0.3) is 0 Å². The van der Waals surface area contributed by atoms with Gasteiger partial charge >= 0.3 is 0 Å². The molecule has 212 valence electrons. The minimum Gasteiger partial charge on any atom is -0.497 e. The van der Waals surface area contributed by atoms with Gasteiger partial charge in [0.2, 0.25) is 11.8 Å². The Balaban J connectivity index is 1.80. The summed E-state index contributed by atoms with van der Waals surface area (Å²) < 4.78 is 12.0. The molecule has 3 amide bonds. The maximum Gasteiger partial charge on any atom is 0.253 e. The quantitative estimate of drug-likeness (QED) is 0.410. The summed E-state index contributed by atoms with van der Waals surface area (Å²) >= 11 is 0. The van der Waals surface area contributed by atoms with E-state index in [2.05, 4.69) is 13.2 Å². The van der Waals surface area contributed by atoms with Crippen LogP contribution >= 0.6 is 0 Å². The van der Waals surface area contributed by atoms with Gasteiger partial charge in [-0.25, -0.2) is 0 Å². The Hall–Kier alpha value is -3.17. The van der Waals surface area contributed by atoms with Crippen LogP contribution in [-0.4, -0.2) is 89.3 Å². The van der Waals surface area contributed by atoms with Gasteiger partial charge < -0.3 is 29.3 Å². The molecule has 0 aliphatic carbocycles. The maximum absolute atomic E-state index is 14.5. The van der Waals surface area contributed by atoms with Gasteiger partial charge in [0.25, 0.3) is 5.91 Å². The number of aliphatic hydroxyl groups is 1. The summed E-state index contributed by atoms with van der Waals surface area (Å²) in [6, 6.07) is 5.46. The smallest absolute Gasteiger partial charge is 0.253 e. The van der Waals surface area contributed by atoms with Crippen LogP contribution in [0.3, 0.4) is 0 Å². The van der Waals surface area contributed by atoms with Crippen molar-refractivity contribution in [3.8, 4) is 5.75 Å². The molecule has 1 aromatic rings. The van der Waals surface area contributed by atoms with E-state index in [4.69, 9.17) is 9.47 Å². The summed E-state index contributed by atoms with van der Waals surface area (Å²) in [4.78, 5) is 47.5. The third-order valence-electron chi connectivity index (χ3n) is 8.57. The lowest BCUT2D eigenvalue weighted by molar-refractivity contribution is -0.151. The third-order valence-corrected chi connectivity index (χ3v) is 8.57. The number of amides is 3. The largest absolute Gasteiger partial charge is 0.497 e. The Bertz CT molecular complexity index is 1120. The predicted molar refractivity (Wildman–Crippen MR) is 148 cm³/mol. The van der Waals surface area contributed by atoms with Crippen molar-refractivity contribution in [2.45, 2.75) is 63.3 Å². The molecule has 3 aliphatic heterocycles. The Morgan fingerprint density at radius 2 is 1.87 bits per heavy atom. The number of fused-ring (bicyclic) bond motifs is 1. The molecular weight excluding hydrogens is 498 g/mol. The summed E-state index contributed by atoms with van der Waals surface area (Å²) in [5, 5.41) is 10.1. The number of carbonyl (C=O) groups is 3. The summed E-state index contributed by atoms with van der Waals surface area (Å²) in [7, 11) is 1.57. The number of likely N-dealkylation sites (tertiary alicyclic amines) is 1. The number of nitrogens with zero attached hydrogens (tertiary/aromatic N) is 3. The lowest BCUT2D eigenvalue weighted by Crippen LogP contribution is -2.58. The van der Waals surface area contributed by atoms with Crippen molar-refractivity contribution in [1.29, 1.82) is 0 Å². The highest BCUT2D eigenvalue weighted by Gasteiger charge is 2.78. The molecule has 1 N–H and O–H groups in total. The van der Waals surface area contributed by atoms with E-state index in [0.29, 0.717) is 37.4 Å². The molecule has 2 bridgehead atoms. The number of carbonyl (C=O) groups excluding carboxylic acids is 3. The van der Waals surface area contributed by atoms with Crippen LogP contribution in [0.1, 0.15) is 40.0 Å². The van der Waals surface area contributed by atoms with Crippen LogP contribution < -0.4 is 9.64 Å². The number of hydrogen-bond donors (Lipinski definition) is 1. The second-order valence-corrected chi connectivity index (χ2v) is 11.0. The number of ether oxygens (including phenoxy) is 2. The number of aliphatic hydroxyl groups excluding tert-OH is 1. The highest BCUT2D eigenvalue weighted by Crippen LogP contribution is 2.63. The van der Waals surface area contributed by atoms with Crippen LogP contribution in [0.5, 0.6) is 5.75 Å². The molecule has 2 unspecified atom stereocenters. The van der Waals surface area contributed by atoms with Gasteiger partial charge in [-0.3, -0.25) is 14.4 Å². The normalized spacial score (nSPS) is 29.6. The van der Waals surface area contributed by atoms with Crippen LogP contribution in [0.15, 0.2) is 49.6 Å². The number of anilines is 1. The molecular formula is C30H41N3O6. The first-order chi connectivity index (χ1) is 18.6. The van der Waals surface area contributed by atoms with Crippen molar-refractivity contribution in [2.75, 3.05) is 38.3 Å². The molecule has 3 aliphatic rings.